The number of ether oxygens (including phenoxy) is 1. The molecule has 0 saturated heterocycles. The number of nitrogens with two attached hydrogens (primary N) is 1. The summed E-state index contributed by atoms with van der Waals surface area (Å²) in [4.78, 5) is 12.7. The molecular weight excluding hydrogens is 360 g/mol. The molecule has 2 aromatic rings. The summed E-state index contributed by atoms with van der Waals surface area (Å²) in [6.45, 7) is 3.44. The Balaban J connectivity index is 2.37. The van der Waals surface area contributed by atoms with E-state index in [-0.39, 0.29) is 9.09 Å². The number of hydrogen-bond donors (Lipinski definition) is 2. The van der Waals surface area contributed by atoms with Crippen LogP contribution in [0, 0.1) is 13.8 Å². The van der Waals surface area contributed by atoms with E-state index < -0.39 is 15.9 Å². The topological polar surface area (TPSA) is 98.5 Å². The number of hydrogen-bond acceptors (Lipinski definition) is 5. The SMILES string of the molecule is COc1cc(Cl)c(C)cc1NC(=O)c1sc(S(N)(=O)=O)cc1C. The van der Waals surface area contributed by atoms with Gasteiger partial charge in [0.1, 0.15) is 9.96 Å². The lowest BCUT2D eigenvalue weighted by molar-refractivity contribution is 0.102. The summed E-state index contributed by atoms with van der Waals surface area (Å²) < 4.78 is 27.9. The molecule has 0 unspecified atom stereocenters. The Morgan fingerprint density at radius 3 is 2.43 bits per heavy atom. The summed E-state index contributed by atoms with van der Waals surface area (Å²) in [6, 6.07) is 4.66. The van der Waals surface area contributed by atoms with Crippen molar-refractivity contribution < 1.29 is 17.9 Å². The molecule has 0 aliphatic rings. The molecule has 0 saturated carbocycles. The highest BCUT2D eigenvalue weighted by Gasteiger charge is 2.20. The number of anilines is 1. The van der Waals surface area contributed by atoms with Crippen LogP contribution in [0.15, 0.2) is 22.4 Å². The van der Waals surface area contributed by atoms with Crippen LogP contribution in [0.5, 0.6) is 5.75 Å². The van der Waals surface area contributed by atoms with Crippen molar-refractivity contribution >= 4 is 44.6 Å². The number of halogens is 1. The second-order valence-corrected chi connectivity index (χ2v) is 8.13. The Morgan fingerprint density at radius 1 is 1.26 bits per heavy atom. The molecule has 3 N–H and O–H groups in total. The van der Waals surface area contributed by atoms with E-state index in [2.05, 4.69) is 5.32 Å². The molecule has 0 aliphatic carbocycles. The minimum atomic E-state index is -3.84. The van der Waals surface area contributed by atoms with E-state index in [1.54, 1.807) is 26.0 Å². The maximum Gasteiger partial charge on any atom is 0.266 e. The van der Waals surface area contributed by atoms with Crippen LogP contribution < -0.4 is 15.2 Å². The van der Waals surface area contributed by atoms with Crippen molar-refractivity contribution in [2.45, 2.75) is 18.1 Å². The van der Waals surface area contributed by atoms with E-state index in [1.807, 2.05) is 0 Å². The Morgan fingerprint density at radius 2 is 1.91 bits per heavy atom. The van der Waals surface area contributed by atoms with Gasteiger partial charge in [-0.1, -0.05) is 11.6 Å². The maximum absolute atomic E-state index is 12.4. The van der Waals surface area contributed by atoms with Crippen LogP contribution in [0.3, 0.4) is 0 Å². The fourth-order valence-electron chi connectivity index (χ4n) is 1.93. The average Bonchev–Trinajstić information content (AvgIpc) is 2.84. The Hall–Kier alpha value is -1.61. The first-order chi connectivity index (χ1) is 10.6. The molecule has 9 heteroatoms. The minimum absolute atomic E-state index is 0.0561. The molecular formula is C14H15ClN2O4S2. The third-order valence-corrected chi connectivity index (χ3v) is 6.17. The lowest BCUT2D eigenvalue weighted by atomic mass is 10.2. The first-order valence-corrected chi connectivity index (χ1v) is 9.16. The third kappa shape index (κ3) is 3.84. The van der Waals surface area contributed by atoms with Gasteiger partial charge in [0.2, 0.25) is 10.0 Å². The zero-order valence-corrected chi connectivity index (χ0v) is 15.0. The van der Waals surface area contributed by atoms with Gasteiger partial charge in [-0.25, -0.2) is 13.6 Å². The number of carbonyl (C=O) groups excluding carboxylic acids is 1. The Labute approximate surface area is 143 Å². The third-order valence-electron chi connectivity index (χ3n) is 3.11. The van der Waals surface area contributed by atoms with Gasteiger partial charge < -0.3 is 10.1 Å². The Bertz CT molecular complexity index is 875. The summed E-state index contributed by atoms with van der Waals surface area (Å²) in [5.74, 6) is -0.0303. The quantitative estimate of drug-likeness (QED) is 0.859. The fraction of sp³-hybridized carbons (Fsp3) is 0.214. The molecule has 124 valence electrons. The van der Waals surface area contributed by atoms with Gasteiger partial charge in [-0.05, 0) is 37.1 Å². The van der Waals surface area contributed by atoms with E-state index >= 15 is 0 Å². The smallest absolute Gasteiger partial charge is 0.266 e. The van der Waals surface area contributed by atoms with Crippen LogP contribution in [-0.4, -0.2) is 21.4 Å². The molecule has 0 bridgehead atoms. The van der Waals surface area contributed by atoms with Gasteiger partial charge >= 0.3 is 0 Å². The summed E-state index contributed by atoms with van der Waals surface area (Å²) >= 11 is 6.85. The van der Waals surface area contributed by atoms with Gasteiger partial charge in [0, 0.05) is 11.1 Å². The van der Waals surface area contributed by atoms with Crippen LogP contribution >= 0.6 is 22.9 Å². The first-order valence-electron chi connectivity index (χ1n) is 6.42. The lowest BCUT2D eigenvalue weighted by Gasteiger charge is -2.12. The summed E-state index contributed by atoms with van der Waals surface area (Å²) in [5.41, 5.74) is 1.75. The highest BCUT2D eigenvalue weighted by Crippen LogP contribution is 2.32. The number of primary sulfonamides is 1. The molecule has 1 heterocycles. The maximum atomic E-state index is 12.4. The molecule has 6 nitrogen and oxygen atoms in total. The normalized spacial score (nSPS) is 11.3. The highest BCUT2D eigenvalue weighted by atomic mass is 35.5. The van der Waals surface area contributed by atoms with E-state index in [0.717, 1.165) is 16.9 Å². The molecule has 2 rings (SSSR count). The van der Waals surface area contributed by atoms with E-state index in [1.165, 1.54) is 13.2 Å². The van der Waals surface area contributed by atoms with Crippen LogP contribution in [0.1, 0.15) is 20.8 Å². The molecule has 23 heavy (non-hydrogen) atoms. The minimum Gasteiger partial charge on any atom is -0.495 e. The summed E-state index contributed by atoms with van der Waals surface area (Å²) in [7, 11) is -2.38. The molecule has 0 spiro atoms. The number of methoxy groups -OCH3 is 1. The molecule has 0 radical (unpaired) electrons. The summed E-state index contributed by atoms with van der Waals surface area (Å²) in [6.07, 6.45) is 0. The van der Waals surface area contributed by atoms with Crippen LogP contribution in [0.2, 0.25) is 5.02 Å². The number of sulfonamides is 1. The van der Waals surface area contributed by atoms with Gasteiger partial charge in [0.05, 0.1) is 17.7 Å². The van der Waals surface area contributed by atoms with Crippen LogP contribution in [0.25, 0.3) is 0 Å². The van der Waals surface area contributed by atoms with Crippen molar-refractivity contribution in [3.05, 3.63) is 39.2 Å². The van der Waals surface area contributed by atoms with Gasteiger partial charge in [-0.2, -0.15) is 0 Å². The number of aryl methyl sites for hydroxylation is 2. The largest absolute Gasteiger partial charge is 0.495 e. The van der Waals surface area contributed by atoms with Gasteiger partial charge in [-0.15, -0.1) is 11.3 Å². The van der Waals surface area contributed by atoms with E-state index in [0.29, 0.717) is 22.0 Å². The van der Waals surface area contributed by atoms with Crippen molar-refractivity contribution in [1.29, 1.82) is 0 Å². The number of rotatable bonds is 4. The fourth-order valence-corrected chi connectivity index (χ4v) is 3.94. The second-order valence-electron chi connectivity index (χ2n) is 4.88. The number of thiophene rings is 1. The first kappa shape index (κ1) is 17.7. The standard InChI is InChI=1S/C14H15ClN2O4S2/c1-7-4-10(11(21-3)6-9(7)15)17-14(18)13-8(2)5-12(22-13)23(16,19)20/h4-6H,1-3H3,(H,17,18)(H2,16,19,20). The average molecular weight is 375 g/mol. The predicted octanol–water partition coefficient (Wildman–Crippen LogP) is 2.93. The Kier molecular flexibility index (Phi) is 5.00. The predicted molar refractivity (Wildman–Crippen MR) is 91.1 cm³/mol. The molecule has 1 aromatic heterocycles. The van der Waals surface area contributed by atoms with E-state index in [4.69, 9.17) is 21.5 Å². The van der Waals surface area contributed by atoms with Crippen molar-refractivity contribution in [3.63, 3.8) is 0 Å². The van der Waals surface area contributed by atoms with E-state index in [9.17, 15) is 13.2 Å². The van der Waals surface area contributed by atoms with Gasteiger partial charge in [0.15, 0.2) is 0 Å². The highest BCUT2D eigenvalue weighted by molar-refractivity contribution is 7.91. The zero-order chi connectivity index (χ0) is 17.4. The molecule has 1 amide bonds. The van der Waals surface area contributed by atoms with Crippen molar-refractivity contribution in [1.82, 2.24) is 0 Å². The van der Waals surface area contributed by atoms with Crippen LogP contribution in [0.4, 0.5) is 5.69 Å². The summed E-state index contributed by atoms with van der Waals surface area (Å²) in [5, 5.41) is 8.31. The second kappa shape index (κ2) is 6.48. The number of carbonyl (C=O) groups is 1. The number of benzene rings is 1. The number of nitrogens with one attached hydrogen (secondary N) is 1. The zero-order valence-electron chi connectivity index (χ0n) is 12.6. The van der Waals surface area contributed by atoms with Gasteiger partial charge in [0.25, 0.3) is 5.91 Å². The monoisotopic (exact) mass is 374 g/mol. The molecule has 1 aromatic carbocycles. The molecule has 0 aliphatic heterocycles. The lowest BCUT2D eigenvalue weighted by Crippen LogP contribution is -2.12. The molecule has 0 fully saturated rings. The van der Waals surface area contributed by atoms with Crippen molar-refractivity contribution in [2.75, 3.05) is 12.4 Å². The van der Waals surface area contributed by atoms with Crippen molar-refractivity contribution in [2.24, 2.45) is 5.14 Å². The van der Waals surface area contributed by atoms with Crippen LogP contribution in [-0.2, 0) is 10.0 Å². The molecule has 0 atom stereocenters. The number of amides is 1. The van der Waals surface area contributed by atoms with Crippen molar-refractivity contribution in [3.8, 4) is 5.75 Å². The van der Waals surface area contributed by atoms with Gasteiger partial charge in [-0.3, -0.25) is 4.79 Å².